The maximum atomic E-state index is 11.1. The van der Waals surface area contributed by atoms with Crippen molar-refractivity contribution in [1.29, 1.82) is 0 Å². The number of nitrogens with zero attached hydrogens (tertiary/aromatic N) is 2. The maximum Gasteiger partial charge on any atom is 0.307 e. The van der Waals surface area contributed by atoms with Crippen LogP contribution in [0.25, 0.3) is 11.1 Å². The number of benzene rings is 1. The highest BCUT2D eigenvalue weighted by Gasteiger charge is 2.24. The second-order valence-electron chi connectivity index (χ2n) is 6.37. The van der Waals surface area contributed by atoms with E-state index in [1.807, 2.05) is 17.5 Å². The van der Waals surface area contributed by atoms with Gasteiger partial charge in [0.1, 0.15) is 6.61 Å². The molecule has 0 aliphatic carbocycles. The number of aliphatic carboxylic acids is 1. The van der Waals surface area contributed by atoms with Crippen LogP contribution in [0.15, 0.2) is 34.8 Å². The second-order valence-corrected chi connectivity index (χ2v) is 8.16. The molecule has 9 heteroatoms. The van der Waals surface area contributed by atoms with Gasteiger partial charge in [-0.1, -0.05) is 34.4 Å². The number of oxime groups is 1. The molecule has 0 radical (unpaired) electrons. The molecule has 2 heterocycles. The van der Waals surface area contributed by atoms with Gasteiger partial charge in [0, 0.05) is 34.3 Å². The molecule has 2 aromatic rings. The van der Waals surface area contributed by atoms with Gasteiger partial charge in [-0.15, -0.1) is 23.7 Å². The molecule has 0 saturated carbocycles. The van der Waals surface area contributed by atoms with Crippen LogP contribution >= 0.6 is 46.9 Å². The summed E-state index contributed by atoms with van der Waals surface area (Å²) in [5.74, 6) is -0.996. The number of likely N-dealkylation sites (tertiary alicyclic amines) is 1. The Hall–Kier alpha value is -1.31. The Morgan fingerprint density at radius 2 is 2.18 bits per heavy atom. The molecule has 3 rings (SSSR count). The Morgan fingerprint density at radius 3 is 2.93 bits per heavy atom. The number of carboxylic acid groups (broad SMARTS) is 1. The first-order valence-electron chi connectivity index (χ1n) is 8.68. The van der Waals surface area contributed by atoms with Gasteiger partial charge in [0.2, 0.25) is 0 Å². The largest absolute Gasteiger partial charge is 0.481 e. The van der Waals surface area contributed by atoms with Crippen LogP contribution in [0.2, 0.25) is 10.0 Å². The number of carbonyl (C=O) groups is 1. The third-order valence-corrected chi connectivity index (χ3v) is 5.91. The summed E-state index contributed by atoms with van der Waals surface area (Å²) in [5, 5.41) is 16.4. The monoisotopic (exact) mass is 462 g/mol. The lowest BCUT2D eigenvalue weighted by Gasteiger charge is -2.29. The van der Waals surface area contributed by atoms with Crippen molar-refractivity contribution < 1.29 is 14.7 Å². The molecule has 0 spiro atoms. The van der Waals surface area contributed by atoms with Crippen LogP contribution in [-0.2, 0) is 9.63 Å². The van der Waals surface area contributed by atoms with Gasteiger partial charge >= 0.3 is 5.97 Å². The van der Waals surface area contributed by atoms with E-state index in [-0.39, 0.29) is 18.3 Å². The van der Waals surface area contributed by atoms with E-state index in [1.165, 1.54) is 0 Å². The molecule has 1 atom stereocenters. The zero-order chi connectivity index (χ0) is 19.2. The number of thiophene rings is 1. The van der Waals surface area contributed by atoms with E-state index in [4.69, 9.17) is 33.1 Å². The summed E-state index contributed by atoms with van der Waals surface area (Å²) in [6.45, 7) is 2.57. The average Bonchev–Trinajstić information content (AvgIpc) is 3.10. The lowest BCUT2D eigenvalue weighted by molar-refractivity contribution is -0.143. The van der Waals surface area contributed by atoms with E-state index in [1.54, 1.807) is 29.7 Å². The molecule has 0 amide bonds. The van der Waals surface area contributed by atoms with Crippen LogP contribution in [0.3, 0.4) is 0 Å². The number of carboxylic acids is 1. The quantitative estimate of drug-likeness (QED) is 0.344. The Morgan fingerprint density at radius 1 is 1.36 bits per heavy atom. The number of halogens is 3. The van der Waals surface area contributed by atoms with E-state index in [2.05, 4.69) is 10.1 Å². The lowest BCUT2D eigenvalue weighted by Crippen LogP contribution is -2.40. The molecular formula is C19H21Cl3N2O3S. The minimum atomic E-state index is -0.718. The van der Waals surface area contributed by atoms with Crippen molar-refractivity contribution in [1.82, 2.24) is 4.90 Å². The molecule has 5 nitrogen and oxygen atoms in total. The molecule has 1 unspecified atom stereocenters. The third-order valence-electron chi connectivity index (χ3n) is 4.51. The molecular weight excluding hydrogens is 443 g/mol. The van der Waals surface area contributed by atoms with E-state index in [9.17, 15) is 4.79 Å². The molecule has 1 aromatic carbocycles. The van der Waals surface area contributed by atoms with Crippen molar-refractivity contribution in [2.45, 2.75) is 12.8 Å². The second kappa shape index (κ2) is 11.0. The Balaban J connectivity index is 0.00000280. The smallest absolute Gasteiger partial charge is 0.307 e. The van der Waals surface area contributed by atoms with Crippen LogP contribution < -0.4 is 0 Å². The SMILES string of the molecule is Cl.O=C(O)C1CCCN(CCO/N=C/c2sccc2-c2ccc(Cl)cc2Cl)C1. The summed E-state index contributed by atoms with van der Waals surface area (Å²) in [4.78, 5) is 19.5. The van der Waals surface area contributed by atoms with Crippen molar-refractivity contribution >= 4 is 59.1 Å². The van der Waals surface area contributed by atoms with Gasteiger partial charge in [-0.3, -0.25) is 9.69 Å². The first-order valence-corrected chi connectivity index (χ1v) is 10.3. The van der Waals surface area contributed by atoms with E-state index >= 15 is 0 Å². The summed E-state index contributed by atoms with van der Waals surface area (Å²) in [6, 6.07) is 7.40. The van der Waals surface area contributed by atoms with Gasteiger partial charge in [-0.25, -0.2) is 0 Å². The van der Waals surface area contributed by atoms with Crippen LogP contribution in [-0.4, -0.2) is 48.4 Å². The Bertz CT molecular complexity index is 829. The predicted molar refractivity (Wildman–Crippen MR) is 117 cm³/mol. The van der Waals surface area contributed by atoms with Crippen molar-refractivity contribution in [3.05, 3.63) is 44.6 Å². The summed E-state index contributed by atoms with van der Waals surface area (Å²) < 4.78 is 0. The highest BCUT2D eigenvalue weighted by atomic mass is 35.5. The van der Waals surface area contributed by atoms with Crippen LogP contribution in [0.5, 0.6) is 0 Å². The lowest BCUT2D eigenvalue weighted by atomic mass is 9.98. The highest BCUT2D eigenvalue weighted by molar-refractivity contribution is 7.12. The zero-order valence-electron chi connectivity index (χ0n) is 15.0. The Kier molecular flexibility index (Phi) is 9.05. The fraction of sp³-hybridized carbons (Fsp3) is 0.368. The first kappa shape index (κ1) is 23.0. The molecule has 0 bridgehead atoms. The molecule has 152 valence electrons. The van der Waals surface area contributed by atoms with Crippen molar-refractivity contribution in [3.63, 3.8) is 0 Å². The molecule has 28 heavy (non-hydrogen) atoms. The van der Waals surface area contributed by atoms with Gasteiger partial charge in [0.05, 0.1) is 17.0 Å². The Labute approximate surface area is 184 Å². The molecule has 1 aromatic heterocycles. The number of hydrogen-bond acceptors (Lipinski definition) is 5. The minimum Gasteiger partial charge on any atom is -0.481 e. The molecule has 1 fully saturated rings. The zero-order valence-corrected chi connectivity index (χ0v) is 18.2. The summed E-state index contributed by atoms with van der Waals surface area (Å²) in [6.07, 6.45) is 3.33. The molecule has 1 aliphatic heterocycles. The highest BCUT2D eigenvalue weighted by Crippen LogP contribution is 2.34. The van der Waals surface area contributed by atoms with Crippen molar-refractivity contribution in [2.24, 2.45) is 11.1 Å². The van der Waals surface area contributed by atoms with Gasteiger partial charge < -0.3 is 9.94 Å². The van der Waals surface area contributed by atoms with Gasteiger partial charge in [-0.2, -0.15) is 0 Å². The third kappa shape index (κ3) is 6.09. The fourth-order valence-corrected chi connectivity index (χ4v) is 4.39. The fourth-order valence-electron chi connectivity index (χ4n) is 3.12. The maximum absolute atomic E-state index is 11.1. The van der Waals surface area contributed by atoms with Crippen LogP contribution in [0.1, 0.15) is 17.7 Å². The minimum absolute atomic E-state index is 0. The van der Waals surface area contributed by atoms with Crippen molar-refractivity contribution in [3.8, 4) is 11.1 Å². The van der Waals surface area contributed by atoms with Gasteiger partial charge in [0.15, 0.2) is 0 Å². The first-order chi connectivity index (χ1) is 13.0. The number of rotatable bonds is 7. The standard InChI is InChI=1S/C19H20Cl2N2O3S.ClH/c20-14-3-4-15(17(21)10-14)16-5-9-27-18(16)11-22-26-8-7-23-6-1-2-13(12-23)19(24)25;/h3-5,9-11,13H,1-2,6-8,12H2,(H,24,25);1H/b22-11+;. The topological polar surface area (TPSA) is 62.1 Å². The summed E-state index contributed by atoms with van der Waals surface area (Å²) >= 11 is 13.8. The summed E-state index contributed by atoms with van der Waals surface area (Å²) in [5.41, 5.74) is 1.88. The molecule has 1 saturated heterocycles. The number of piperidine rings is 1. The van der Waals surface area contributed by atoms with E-state index in [0.29, 0.717) is 29.7 Å². The number of hydrogen-bond donors (Lipinski definition) is 1. The van der Waals surface area contributed by atoms with Crippen LogP contribution in [0, 0.1) is 5.92 Å². The van der Waals surface area contributed by atoms with Crippen molar-refractivity contribution in [2.75, 3.05) is 26.2 Å². The normalized spacial score (nSPS) is 17.4. The van der Waals surface area contributed by atoms with Gasteiger partial charge in [0.25, 0.3) is 0 Å². The molecule has 1 N–H and O–H groups in total. The van der Waals surface area contributed by atoms with Crippen LogP contribution in [0.4, 0.5) is 0 Å². The predicted octanol–water partition coefficient (Wildman–Crippen LogP) is 5.29. The summed E-state index contributed by atoms with van der Waals surface area (Å²) in [7, 11) is 0. The van der Waals surface area contributed by atoms with E-state index < -0.39 is 5.97 Å². The molecule has 1 aliphatic rings. The van der Waals surface area contributed by atoms with Gasteiger partial charge in [-0.05, 0) is 43.0 Å². The van der Waals surface area contributed by atoms with E-state index in [0.717, 1.165) is 35.4 Å². The average molecular weight is 464 g/mol.